The Morgan fingerprint density at radius 3 is 2.77 bits per heavy atom. The Morgan fingerprint density at radius 2 is 1.95 bits per heavy atom. The van der Waals surface area contributed by atoms with E-state index in [0.29, 0.717) is 6.54 Å². The lowest BCUT2D eigenvalue weighted by molar-refractivity contribution is 0.117. The van der Waals surface area contributed by atoms with Gasteiger partial charge >= 0.3 is 6.03 Å². The van der Waals surface area contributed by atoms with Gasteiger partial charge in [-0.25, -0.2) is 4.79 Å². The van der Waals surface area contributed by atoms with Crippen molar-refractivity contribution in [2.45, 2.75) is 44.2 Å². The van der Waals surface area contributed by atoms with Crippen molar-refractivity contribution in [2.24, 2.45) is 0 Å². The molecule has 1 heterocycles. The monoisotopic (exact) mass is 306 g/mol. The lowest BCUT2D eigenvalue weighted by Crippen LogP contribution is -2.44. The highest BCUT2D eigenvalue weighted by Crippen LogP contribution is 2.32. The van der Waals surface area contributed by atoms with Crippen LogP contribution in [0.2, 0.25) is 0 Å². The molecule has 0 atom stereocenters. The Labute approximate surface area is 129 Å². The first kappa shape index (κ1) is 15.0. The zero-order valence-corrected chi connectivity index (χ0v) is 12.5. The quantitative estimate of drug-likeness (QED) is 0.789. The molecule has 2 aliphatic rings. The van der Waals surface area contributed by atoms with Crippen molar-refractivity contribution in [3.8, 4) is 11.5 Å². The molecule has 120 valence electrons. The van der Waals surface area contributed by atoms with Gasteiger partial charge in [0.1, 0.15) is 0 Å². The lowest BCUT2D eigenvalue weighted by atomic mass is 9.93. The molecule has 6 nitrogen and oxygen atoms in total. The summed E-state index contributed by atoms with van der Waals surface area (Å²) in [7, 11) is 0. The number of fused-ring (bicyclic) bond motifs is 1. The maximum atomic E-state index is 11.8. The van der Waals surface area contributed by atoms with Gasteiger partial charge in [0, 0.05) is 12.6 Å². The molecular formula is C16H22N2O4. The van der Waals surface area contributed by atoms with Crippen LogP contribution in [-0.4, -0.2) is 36.6 Å². The minimum atomic E-state index is -0.202. The Hall–Kier alpha value is -1.95. The second kappa shape index (κ2) is 6.87. The molecule has 1 aromatic carbocycles. The fraction of sp³-hybridized carbons (Fsp3) is 0.562. The molecule has 3 N–H and O–H groups in total. The van der Waals surface area contributed by atoms with Crippen LogP contribution in [0.4, 0.5) is 4.79 Å². The van der Waals surface area contributed by atoms with E-state index < -0.39 is 0 Å². The molecule has 22 heavy (non-hydrogen) atoms. The summed E-state index contributed by atoms with van der Waals surface area (Å²) >= 11 is 0. The Morgan fingerprint density at radius 1 is 1.18 bits per heavy atom. The third kappa shape index (κ3) is 3.82. The number of hydrogen-bond acceptors (Lipinski definition) is 4. The summed E-state index contributed by atoms with van der Waals surface area (Å²) in [4.78, 5) is 11.8. The maximum Gasteiger partial charge on any atom is 0.315 e. The van der Waals surface area contributed by atoms with Gasteiger partial charge in [-0.1, -0.05) is 6.07 Å². The third-order valence-corrected chi connectivity index (χ3v) is 4.17. The summed E-state index contributed by atoms with van der Waals surface area (Å²) in [6.45, 7) is 0.844. The first-order valence-electron chi connectivity index (χ1n) is 7.81. The minimum absolute atomic E-state index is 0.137. The van der Waals surface area contributed by atoms with E-state index in [9.17, 15) is 9.90 Å². The molecule has 0 unspecified atom stereocenters. The summed E-state index contributed by atoms with van der Waals surface area (Å²) in [6.07, 6.45) is 3.76. The molecule has 0 aromatic heterocycles. The number of ether oxygens (including phenoxy) is 2. The average Bonchev–Trinajstić information content (AvgIpc) is 2.97. The Balaban J connectivity index is 1.38. The SMILES string of the molecule is O=C(NCCc1ccc2c(c1)OCO2)NC1CCC(O)CC1. The first-order valence-corrected chi connectivity index (χ1v) is 7.81. The largest absolute Gasteiger partial charge is 0.454 e. The second-order valence-electron chi connectivity index (χ2n) is 5.84. The molecule has 2 amide bonds. The van der Waals surface area contributed by atoms with Crippen LogP contribution in [0.5, 0.6) is 11.5 Å². The van der Waals surface area contributed by atoms with Crippen molar-refractivity contribution >= 4 is 6.03 Å². The van der Waals surface area contributed by atoms with Crippen molar-refractivity contribution in [1.29, 1.82) is 0 Å². The molecule has 3 rings (SSSR count). The van der Waals surface area contributed by atoms with Gasteiger partial charge in [-0.2, -0.15) is 0 Å². The van der Waals surface area contributed by atoms with Crippen LogP contribution in [0.1, 0.15) is 31.2 Å². The lowest BCUT2D eigenvalue weighted by Gasteiger charge is -2.26. The van der Waals surface area contributed by atoms with E-state index >= 15 is 0 Å². The molecular weight excluding hydrogens is 284 g/mol. The van der Waals surface area contributed by atoms with Gasteiger partial charge in [0.15, 0.2) is 11.5 Å². The molecule has 1 aromatic rings. The van der Waals surface area contributed by atoms with Crippen LogP contribution in [0.15, 0.2) is 18.2 Å². The van der Waals surface area contributed by atoms with Crippen LogP contribution in [0.25, 0.3) is 0 Å². The number of benzene rings is 1. The first-order chi connectivity index (χ1) is 10.7. The van der Waals surface area contributed by atoms with Crippen LogP contribution >= 0.6 is 0 Å². The van der Waals surface area contributed by atoms with Crippen LogP contribution in [0.3, 0.4) is 0 Å². The van der Waals surface area contributed by atoms with Crippen molar-refractivity contribution in [3.05, 3.63) is 23.8 Å². The Bertz CT molecular complexity index is 527. The molecule has 1 aliphatic carbocycles. The number of aliphatic hydroxyl groups is 1. The zero-order valence-electron chi connectivity index (χ0n) is 12.5. The van der Waals surface area contributed by atoms with Crippen LogP contribution in [-0.2, 0) is 6.42 Å². The number of rotatable bonds is 4. The summed E-state index contributed by atoms with van der Waals surface area (Å²) < 4.78 is 10.6. The highest BCUT2D eigenvalue weighted by molar-refractivity contribution is 5.74. The molecule has 0 radical (unpaired) electrons. The highest BCUT2D eigenvalue weighted by atomic mass is 16.7. The van der Waals surface area contributed by atoms with E-state index in [2.05, 4.69) is 10.6 Å². The van der Waals surface area contributed by atoms with Gasteiger partial charge in [0.2, 0.25) is 6.79 Å². The van der Waals surface area contributed by atoms with Crippen molar-refractivity contribution in [2.75, 3.05) is 13.3 Å². The fourth-order valence-electron chi connectivity index (χ4n) is 2.87. The standard InChI is InChI=1S/C16H22N2O4/c19-13-4-2-12(3-5-13)18-16(20)17-8-7-11-1-6-14-15(9-11)22-10-21-14/h1,6,9,12-13,19H,2-5,7-8,10H2,(H2,17,18,20). The Kier molecular flexibility index (Phi) is 4.68. The molecule has 1 aliphatic heterocycles. The third-order valence-electron chi connectivity index (χ3n) is 4.17. The maximum absolute atomic E-state index is 11.8. The van der Waals surface area contributed by atoms with Gasteiger partial charge < -0.3 is 25.2 Å². The normalized spacial score (nSPS) is 23.1. The van der Waals surface area contributed by atoms with Gasteiger partial charge in [0.25, 0.3) is 0 Å². The van der Waals surface area contributed by atoms with E-state index in [0.717, 1.165) is 49.2 Å². The number of hydrogen-bond donors (Lipinski definition) is 3. The minimum Gasteiger partial charge on any atom is -0.454 e. The number of nitrogens with one attached hydrogen (secondary N) is 2. The van der Waals surface area contributed by atoms with E-state index in [1.165, 1.54) is 0 Å². The summed E-state index contributed by atoms with van der Waals surface area (Å²) in [5, 5.41) is 15.3. The van der Waals surface area contributed by atoms with E-state index in [1.807, 2.05) is 18.2 Å². The van der Waals surface area contributed by atoms with Gasteiger partial charge in [0.05, 0.1) is 6.10 Å². The number of aliphatic hydroxyl groups excluding tert-OH is 1. The number of carbonyl (C=O) groups excluding carboxylic acids is 1. The summed E-state index contributed by atoms with van der Waals surface area (Å²) in [5.74, 6) is 1.54. The van der Waals surface area contributed by atoms with Gasteiger partial charge in [-0.3, -0.25) is 0 Å². The zero-order chi connectivity index (χ0) is 15.4. The smallest absolute Gasteiger partial charge is 0.315 e. The van der Waals surface area contributed by atoms with Gasteiger partial charge in [-0.15, -0.1) is 0 Å². The molecule has 0 bridgehead atoms. The van der Waals surface area contributed by atoms with Gasteiger partial charge in [-0.05, 0) is 49.8 Å². The predicted molar refractivity (Wildman–Crippen MR) is 81.1 cm³/mol. The highest BCUT2D eigenvalue weighted by Gasteiger charge is 2.20. The van der Waals surface area contributed by atoms with Crippen molar-refractivity contribution < 1.29 is 19.4 Å². The predicted octanol–water partition coefficient (Wildman–Crippen LogP) is 1.56. The molecule has 0 saturated heterocycles. The van der Waals surface area contributed by atoms with Crippen molar-refractivity contribution in [1.82, 2.24) is 10.6 Å². The van der Waals surface area contributed by atoms with Crippen molar-refractivity contribution in [3.63, 3.8) is 0 Å². The molecule has 1 fully saturated rings. The molecule has 6 heteroatoms. The molecule has 0 spiro atoms. The fourth-order valence-corrected chi connectivity index (χ4v) is 2.87. The number of urea groups is 1. The average molecular weight is 306 g/mol. The van der Waals surface area contributed by atoms with Crippen LogP contribution < -0.4 is 20.1 Å². The topological polar surface area (TPSA) is 79.8 Å². The molecule has 1 saturated carbocycles. The number of amides is 2. The summed E-state index contributed by atoms with van der Waals surface area (Å²) in [6, 6.07) is 5.86. The van der Waals surface area contributed by atoms with E-state index in [-0.39, 0.29) is 25.0 Å². The summed E-state index contributed by atoms with van der Waals surface area (Å²) in [5.41, 5.74) is 1.10. The van der Waals surface area contributed by atoms with E-state index in [1.54, 1.807) is 0 Å². The number of carbonyl (C=O) groups is 1. The van der Waals surface area contributed by atoms with E-state index in [4.69, 9.17) is 9.47 Å². The van der Waals surface area contributed by atoms with Crippen LogP contribution in [0, 0.1) is 0 Å². The second-order valence-corrected chi connectivity index (χ2v) is 5.84.